The van der Waals surface area contributed by atoms with Gasteiger partial charge in [0.05, 0.1) is 24.6 Å². The first kappa shape index (κ1) is 20.5. The van der Waals surface area contributed by atoms with Gasteiger partial charge in [0.25, 0.3) is 11.5 Å². The quantitative estimate of drug-likeness (QED) is 0.515. The van der Waals surface area contributed by atoms with Crippen LogP contribution in [0, 0.1) is 0 Å². The second kappa shape index (κ2) is 9.84. The number of methoxy groups -OCH3 is 1. The summed E-state index contributed by atoms with van der Waals surface area (Å²) in [5, 5.41) is 3.49. The maximum atomic E-state index is 12.6. The molecule has 29 heavy (non-hydrogen) atoms. The SMILES string of the molecule is CCCC[NH+](CC(=O)Nc1ccc(OC)cc1)Cc1nc2ccccc2c(=O)[nH]1. The molecule has 0 aliphatic carbocycles. The van der Waals surface area contributed by atoms with Gasteiger partial charge in [-0.05, 0) is 42.8 Å². The maximum absolute atomic E-state index is 12.6. The number of para-hydroxylation sites is 1. The first-order chi connectivity index (χ1) is 14.1. The van der Waals surface area contributed by atoms with Crippen LogP contribution in [0.1, 0.15) is 25.6 Å². The van der Waals surface area contributed by atoms with E-state index >= 15 is 0 Å². The fraction of sp³-hybridized carbons (Fsp3) is 0.318. The number of benzene rings is 2. The van der Waals surface area contributed by atoms with E-state index < -0.39 is 0 Å². The number of H-pyrrole nitrogens is 1. The van der Waals surface area contributed by atoms with Gasteiger partial charge in [0, 0.05) is 5.69 Å². The van der Waals surface area contributed by atoms with Crippen LogP contribution >= 0.6 is 0 Å². The zero-order chi connectivity index (χ0) is 20.6. The molecule has 0 radical (unpaired) electrons. The van der Waals surface area contributed by atoms with Crippen molar-refractivity contribution < 1.29 is 14.4 Å². The number of hydrogen-bond acceptors (Lipinski definition) is 4. The molecule has 0 spiro atoms. The first-order valence-electron chi connectivity index (χ1n) is 9.84. The van der Waals surface area contributed by atoms with E-state index in [1.165, 1.54) is 0 Å². The molecule has 3 rings (SSSR count). The average Bonchev–Trinajstić information content (AvgIpc) is 2.72. The van der Waals surface area contributed by atoms with Crippen LogP contribution in [-0.4, -0.2) is 36.1 Å². The number of nitrogens with one attached hydrogen (secondary N) is 3. The molecule has 3 aromatic rings. The highest BCUT2D eigenvalue weighted by Crippen LogP contribution is 2.14. The minimum Gasteiger partial charge on any atom is -0.497 e. The number of aromatic nitrogens is 2. The van der Waals surface area contributed by atoms with Crippen molar-refractivity contribution in [2.45, 2.75) is 26.3 Å². The number of anilines is 1. The van der Waals surface area contributed by atoms with Gasteiger partial charge in [0.15, 0.2) is 12.4 Å². The van der Waals surface area contributed by atoms with Crippen LogP contribution in [0.15, 0.2) is 53.3 Å². The summed E-state index contributed by atoms with van der Waals surface area (Å²) in [6, 6.07) is 14.5. The van der Waals surface area contributed by atoms with Crippen molar-refractivity contribution in [2.24, 2.45) is 0 Å². The average molecular weight is 395 g/mol. The van der Waals surface area contributed by atoms with Gasteiger partial charge in [-0.15, -0.1) is 0 Å². The highest BCUT2D eigenvalue weighted by molar-refractivity contribution is 5.91. The van der Waals surface area contributed by atoms with Crippen molar-refractivity contribution in [3.05, 3.63) is 64.7 Å². The smallest absolute Gasteiger partial charge is 0.279 e. The van der Waals surface area contributed by atoms with Crippen LogP contribution in [0.5, 0.6) is 5.75 Å². The van der Waals surface area contributed by atoms with E-state index in [4.69, 9.17) is 4.74 Å². The Morgan fingerprint density at radius 1 is 1.17 bits per heavy atom. The van der Waals surface area contributed by atoms with Gasteiger partial charge in [0.2, 0.25) is 0 Å². The molecule has 0 bridgehead atoms. The van der Waals surface area contributed by atoms with Crippen molar-refractivity contribution in [3.63, 3.8) is 0 Å². The lowest BCUT2D eigenvalue weighted by Gasteiger charge is -2.18. The lowest BCUT2D eigenvalue weighted by atomic mass is 10.2. The van der Waals surface area contributed by atoms with Crippen molar-refractivity contribution >= 4 is 22.5 Å². The molecule has 0 saturated heterocycles. The molecule has 1 unspecified atom stereocenters. The Morgan fingerprint density at radius 3 is 2.66 bits per heavy atom. The minimum absolute atomic E-state index is 0.0793. The third-order valence-electron chi connectivity index (χ3n) is 4.75. The zero-order valence-electron chi connectivity index (χ0n) is 16.8. The number of quaternary nitrogens is 1. The number of ether oxygens (including phenoxy) is 1. The molecule has 2 aromatic carbocycles. The van der Waals surface area contributed by atoms with E-state index in [0.717, 1.165) is 35.7 Å². The summed E-state index contributed by atoms with van der Waals surface area (Å²) in [5.41, 5.74) is 1.25. The standard InChI is InChI=1S/C22H26N4O3/c1-3-4-13-26(15-21(27)23-16-9-11-17(29-2)12-10-16)14-20-24-19-8-6-5-7-18(19)22(28)25-20/h5-12H,3-4,13-15H2,1-2H3,(H,23,27)(H,24,25,28)/p+1. The van der Waals surface area contributed by atoms with Crippen LogP contribution in [0.4, 0.5) is 5.69 Å². The first-order valence-corrected chi connectivity index (χ1v) is 9.84. The maximum Gasteiger partial charge on any atom is 0.279 e. The van der Waals surface area contributed by atoms with Crippen molar-refractivity contribution in [3.8, 4) is 5.75 Å². The van der Waals surface area contributed by atoms with Gasteiger partial charge >= 0.3 is 0 Å². The molecular formula is C22H27N4O3+. The van der Waals surface area contributed by atoms with Gasteiger partial charge < -0.3 is 19.9 Å². The van der Waals surface area contributed by atoms with Gasteiger partial charge in [-0.25, -0.2) is 4.98 Å². The summed E-state index contributed by atoms with van der Waals surface area (Å²) in [6.45, 7) is 3.72. The molecule has 0 aliphatic heterocycles. The molecule has 1 heterocycles. The molecule has 0 fully saturated rings. The second-order valence-corrected chi connectivity index (χ2v) is 7.01. The van der Waals surface area contributed by atoms with Crippen LogP contribution in [0.3, 0.4) is 0 Å². The highest BCUT2D eigenvalue weighted by atomic mass is 16.5. The molecule has 1 amide bonds. The normalized spacial score (nSPS) is 11.9. The van der Waals surface area contributed by atoms with Crippen molar-refractivity contribution in [1.82, 2.24) is 9.97 Å². The Labute approximate surface area is 169 Å². The van der Waals surface area contributed by atoms with Crippen molar-refractivity contribution in [2.75, 3.05) is 25.5 Å². The number of amides is 1. The van der Waals surface area contributed by atoms with Crippen LogP contribution in [-0.2, 0) is 11.3 Å². The fourth-order valence-corrected chi connectivity index (χ4v) is 3.23. The molecule has 152 valence electrons. The minimum atomic E-state index is -0.150. The van der Waals surface area contributed by atoms with Gasteiger partial charge in [-0.2, -0.15) is 0 Å². The van der Waals surface area contributed by atoms with Gasteiger partial charge in [0.1, 0.15) is 12.3 Å². The molecule has 0 aliphatic rings. The molecular weight excluding hydrogens is 368 g/mol. The van der Waals surface area contributed by atoms with Crippen LogP contribution in [0.25, 0.3) is 10.9 Å². The van der Waals surface area contributed by atoms with E-state index in [0.29, 0.717) is 29.8 Å². The van der Waals surface area contributed by atoms with Crippen molar-refractivity contribution in [1.29, 1.82) is 0 Å². The third kappa shape index (κ3) is 5.65. The number of unbranched alkanes of at least 4 members (excludes halogenated alkanes) is 1. The van der Waals surface area contributed by atoms with E-state index in [9.17, 15) is 9.59 Å². The highest BCUT2D eigenvalue weighted by Gasteiger charge is 2.17. The lowest BCUT2D eigenvalue weighted by Crippen LogP contribution is -3.12. The number of rotatable bonds is 9. The summed E-state index contributed by atoms with van der Waals surface area (Å²) < 4.78 is 5.14. The summed E-state index contributed by atoms with van der Waals surface area (Å²) >= 11 is 0. The Balaban J connectivity index is 1.70. The predicted molar refractivity (Wildman–Crippen MR) is 113 cm³/mol. The summed E-state index contributed by atoms with van der Waals surface area (Å²) in [7, 11) is 1.60. The number of carbonyl (C=O) groups excluding carboxylic acids is 1. The van der Waals surface area contributed by atoms with Gasteiger partial charge in [-0.3, -0.25) is 9.59 Å². The summed E-state index contributed by atoms with van der Waals surface area (Å²) in [5.74, 6) is 1.26. The Morgan fingerprint density at radius 2 is 1.93 bits per heavy atom. The number of aromatic amines is 1. The molecule has 3 N–H and O–H groups in total. The molecule has 0 saturated carbocycles. The number of fused-ring (bicyclic) bond motifs is 1. The Kier molecular flexibility index (Phi) is 6.97. The largest absolute Gasteiger partial charge is 0.497 e. The van der Waals surface area contributed by atoms with Crippen LogP contribution in [0.2, 0.25) is 0 Å². The second-order valence-electron chi connectivity index (χ2n) is 7.01. The molecule has 7 nitrogen and oxygen atoms in total. The van der Waals surface area contributed by atoms with E-state index in [1.54, 1.807) is 25.3 Å². The van der Waals surface area contributed by atoms with Gasteiger partial charge in [-0.1, -0.05) is 25.5 Å². The number of nitrogens with zero attached hydrogens (tertiary/aromatic N) is 1. The fourth-order valence-electron chi connectivity index (χ4n) is 3.23. The zero-order valence-corrected chi connectivity index (χ0v) is 16.8. The monoisotopic (exact) mass is 395 g/mol. The molecule has 1 atom stereocenters. The summed E-state index contributed by atoms with van der Waals surface area (Å²) in [4.78, 5) is 33.4. The molecule has 7 heteroatoms. The number of hydrogen-bond donors (Lipinski definition) is 3. The topological polar surface area (TPSA) is 88.5 Å². The lowest BCUT2D eigenvalue weighted by molar-refractivity contribution is -0.906. The van der Waals surface area contributed by atoms with Crippen LogP contribution < -0.4 is 20.5 Å². The van der Waals surface area contributed by atoms with E-state index in [2.05, 4.69) is 22.2 Å². The Bertz CT molecular complexity index is 1010. The number of carbonyl (C=O) groups is 1. The van der Waals surface area contributed by atoms with E-state index in [-0.39, 0.29) is 11.5 Å². The summed E-state index contributed by atoms with van der Waals surface area (Å²) in [6.07, 6.45) is 2.02. The molecule has 1 aromatic heterocycles. The third-order valence-corrected chi connectivity index (χ3v) is 4.75. The predicted octanol–water partition coefficient (Wildman–Crippen LogP) is 1.76. The van der Waals surface area contributed by atoms with E-state index in [1.807, 2.05) is 30.3 Å². The Hall–Kier alpha value is -3.19.